The van der Waals surface area contributed by atoms with E-state index in [0.29, 0.717) is 11.7 Å². The molecule has 1 saturated heterocycles. The minimum Gasteiger partial charge on any atom is -0.459 e. The second-order valence-electron chi connectivity index (χ2n) is 4.75. The highest BCUT2D eigenvalue weighted by molar-refractivity contribution is 5.92. The minimum absolute atomic E-state index is 0.0355. The van der Waals surface area contributed by atoms with Gasteiger partial charge in [0.25, 0.3) is 5.91 Å². The third kappa shape index (κ3) is 2.69. The van der Waals surface area contributed by atoms with Crippen molar-refractivity contribution < 1.29 is 9.21 Å². The van der Waals surface area contributed by atoms with Crippen LogP contribution < -0.4 is 5.32 Å². The van der Waals surface area contributed by atoms with Gasteiger partial charge < -0.3 is 14.6 Å². The first-order valence-corrected chi connectivity index (χ1v) is 6.20. The first-order chi connectivity index (χ1) is 8.22. The summed E-state index contributed by atoms with van der Waals surface area (Å²) in [5.74, 6) is 1.09. The Labute approximate surface area is 102 Å². The van der Waals surface area contributed by atoms with E-state index in [1.165, 1.54) is 6.42 Å². The lowest BCUT2D eigenvalue weighted by molar-refractivity contribution is 0.0641. The lowest BCUT2D eigenvalue weighted by atomic mass is 9.97. The SMILES string of the molecule is CNCC1CCCN(C(=O)c2occc2C)C1. The molecule has 1 aromatic rings. The predicted octanol–water partition coefficient (Wildman–Crippen LogP) is 1.66. The number of amides is 1. The van der Waals surface area contributed by atoms with Gasteiger partial charge in [0.2, 0.25) is 0 Å². The quantitative estimate of drug-likeness (QED) is 0.868. The van der Waals surface area contributed by atoms with Crippen LogP contribution in [0.4, 0.5) is 0 Å². The summed E-state index contributed by atoms with van der Waals surface area (Å²) < 4.78 is 5.27. The number of nitrogens with one attached hydrogen (secondary N) is 1. The van der Waals surface area contributed by atoms with Gasteiger partial charge in [-0.15, -0.1) is 0 Å². The summed E-state index contributed by atoms with van der Waals surface area (Å²) in [6.07, 6.45) is 3.86. The Balaban J connectivity index is 2.02. The fraction of sp³-hybridized carbons (Fsp3) is 0.615. The van der Waals surface area contributed by atoms with Crippen molar-refractivity contribution in [2.24, 2.45) is 5.92 Å². The minimum atomic E-state index is 0.0355. The topological polar surface area (TPSA) is 45.5 Å². The highest BCUT2D eigenvalue weighted by Gasteiger charge is 2.26. The van der Waals surface area contributed by atoms with Gasteiger partial charge in [-0.1, -0.05) is 0 Å². The largest absolute Gasteiger partial charge is 0.459 e. The Hall–Kier alpha value is -1.29. The van der Waals surface area contributed by atoms with Gasteiger partial charge in [0.05, 0.1) is 6.26 Å². The van der Waals surface area contributed by atoms with Crippen molar-refractivity contribution >= 4 is 5.91 Å². The molecule has 1 N–H and O–H groups in total. The first-order valence-electron chi connectivity index (χ1n) is 6.20. The van der Waals surface area contributed by atoms with Crippen molar-refractivity contribution in [3.05, 3.63) is 23.7 Å². The summed E-state index contributed by atoms with van der Waals surface area (Å²) in [4.78, 5) is 14.2. The Morgan fingerprint density at radius 2 is 2.47 bits per heavy atom. The molecule has 0 spiro atoms. The zero-order valence-corrected chi connectivity index (χ0v) is 10.5. The number of piperidine rings is 1. The van der Waals surface area contributed by atoms with E-state index in [0.717, 1.165) is 31.6 Å². The first kappa shape index (κ1) is 12.2. The Morgan fingerprint density at radius 1 is 1.65 bits per heavy atom. The van der Waals surface area contributed by atoms with Gasteiger partial charge in [-0.25, -0.2) is 0 Å². The molecule has 0 radical (unpaired) electrons. The number of aryl methyl sites for hydroxylation is 1. The zero-order valence-electron chi connectivity index (χ0n) is 10.5. The van der Waals surface area contributed by atoms with Crippen LogP contribution in [-0.4, -0.2) is 37.5 Å². The molecule has 1 aliphatic heterocycles. The molecule has 1 unspecified atom stereocenters. The number of rotatable bonds is 3. The van der Waals surface area contributed by atoms with Crippen LogP contribution in [0.2, 0.25) is 0 Å². The van der Waals surface area contributed by atoms with Crippen LogP contribution in [0.25, 0.3) is 0 Å². The molecular formula is C13H20N2O2. The summed E-state index contributed by atoms with van der Waals surface area (Å²) in [5, 5.41) is 3.18. The van der Waals surface area contributed by atoms with E-state index in [1.54, 1.807) is 6.26 Å². The van der Waals surface area contributed by atoms with Crippen LogP contribution in [0, 0.1) is 12.8 Å². The number of carbonyl (C=O) groups is 1. The molecule has 1 atom stereocenters. The number of carbonyl (C=O) groups excluding carboxylic acids is 1. The van der Waals surface area contributed by atoms with Gasteiger partial charge in [0.1, 0.15) is 0 Å². The lowest BCUT2D eigenvalue weighted by Gasteiger charge is -2.32. The molecule has 17 heavy (non-hydrogen) atoms. The monoisotopic (exact) mass is 236 g/mol. The van der Waals surface area contributed by atoms with Crippen molar-refractivity contribution in [3.63, 3.8) is 0 Å². The van der Waals surface area contributed by atoms with Gasteiger partial charge in [0, 0.05) is 18.7 Å². The van der Waals surface area contributed by atoms with E-state index in [-0.39, 0.29) is 5.91 Å². The molecule has 4 heteroatoms. The lowest BCUT2D eigenvalue weighted by Crippen LogP contribution is -2.42. The Morgan fingerprint density at radius 3 is 3.12 bits per heavy atom. The summed E-state index contributed by atoms with van der Waals surface area (Å²) in [6.45, 7) is 4.56. The molecule has 2 heterocycles. The van der Waals surface area contributed by atoms with Crippen LogP contribution in [0.1, 0.15) is 29.0 Å². The van der Waals surface area contributed by atoms with Crippen molar-refractivity contribution in [2.75, 3.05) is 26.7 Å². The van der Waals surface area contributed by atoms with E-state index >= 15 is 0 Å². The van der Waals surface area contributed by atoms with Gasteiger partial charge in [0.15, 0.2) is 5.76 Å². The van der Waals surface area contributed by atoms with Gasteiger partial charge in [-0.05, 0) is 45.3 Å². The molecule has 1 fully saturated rings. The van der Waals surface area contributed by atoms with Crippen molar-refractivity contribution in [3.8, 4) is 0 Å². The molecule has 0 aliphatic carbocycles. The highest BCUT2D eigenvalue weighted by Crippen LogP contribution is 2.19. The molecule has 1 amide bonds. The number of furan rings is 1. The predicted molar refractivity (Wildman–Crippen MR) is 66.0 cm³/mol. The second-order valence-corrected chi connectivity index (χ2v) is 4.75. The van der Waals surface area contributed by atoms with E-state index in [9.17, 15) is 4.79 Å². The fourth-order valence-electron chi connectivity index (χ4n) is 2.44. The zero-order chi connectivity index (χ0) is 12.3. The normalized spacial score (nSPS) is 20.6. The summed E-state index contributed by atoms with van der Waals surface area (Å²) in [6, 6.07) is 1.84. The van der Waals surface area contributed by atoms with Gasteiger partial charge in [-0.2, -0.15) is 0 Å². The average Bonchev–Trinajstić information content (AvgIpc) is 2.75. The maximum absolute atomic E-state index is 12.2. The highest BCUT2D eigenvalue weighted by atomic mass is 16.3. The van der Waals surface area contributed by atoms with E-state index in [1.807, 2.05) is 24.9 Å². The van der Waals surface area contributed by atoms with Gasteiger partial charge >= 0.3 is 0 Å². The summed E-state index contributed by atoms with van der Waals surface area (Å²) >= 11 is 0. The number of likely N-dealkylation sites (tertiary alicyclic amines) is 1. The molecule has 0 aromatic carbocycles. The van der Waals surface area contributed by atoms with Gasteiger partial charge in [-0.3, -0.25) is 4.79 Å². The maximum atomic E-state index is 12.2. The maximum Gasteiger partial charge on any atom is 0.289 e. The van der Waals surface area contributed by atoms with Crippen LogP contribution >= 0.6 is 0 Å². The molecule has 0 saturated carbocycles. The smallest absolute Gasteiger partial charge is 0.289 e. The van der Waals surface area contributed by atoms with Crippen LogP contribution in [-0.2, 0) is 0 Å². The average molecular weight is 236 g/mol. The molecule has 4 nitrogen and oxygen atoms in total. The summed E-state index contributed by atoms with van der Waals surface area (Å²) in [7, 11) is 1.96. The number of nitrogens with zero attached hydrogens (tertiary/aromatic N) is 1. The van der Waals surface area contributed by atoms with E-state index in [4.69, 9.17) is 4.42 Å². The van der Waals surface area contributed by atoms with Crippen LogP contribution in [0.5, 0.6) is 0 Å². The molecule has 1 aromatic heterocycles. The van der Waals surface area contributed by atoms with Crippen LogP contribution in [0.3, 0.4) is 0 Å². The standard InChI is InChI=1S/C13H20N2O2/c1-10-5-7-17-12(10)13(16)15-6-3-4-11(9-15)8-14-2/h5,7,11,14H,3-4,6,8-9H2,1-2H3. The fourth-order valence-corrected chi connectivity index (χ4v) is 2.44. The third-order valence-corrected chi connectivity index (χ3v) is 3.36. The van der Waals surface area contributed by atoms with Crippen molar-refractivity contribution in [1.29, 1.82) is 0 Å². The summed E-state index contributed by atoms with van der Waals surface area (Å²) in [5.41, 5.74) is 0.922. The van der Waals surface area contributed by atoms with E-state index in [2.05, 4.69) is 5.32 Å². The molecule has 2 rings (SSSR count). The molecular weight excluding hydrogens is 216 g/mol. The number of hydrogen-bond acceptors (Lipinski definition) is 3. The Bertz CT molecular complexity index is 385. The Kier molecular flexibility index (Phi) is 3.84. The van der Waals surface area contributed by atoms with Crippen LogP contribution in [0.15, 0.2) is 16.7 Å². The van der Waals surface area contributed by atoms with Crippen molar-refractivity contribution in [2.45, 2.75) is 19.8 Å². The third-order valence-electron chi connectivity index (χ3n) is 3.36. The van der Waals surface area contributed by atoms with E-state index < -0.39 is 0 Å². The van der Waals surface area contributed by atoms with Crippen molar-refractivity contribution in [1.82, 2.24) is 10.2 Å². The molecule has 94 valence electrons. The second kappa shape index (κ2) is 5.36. The molecule has 1 aliphatic rings. The molecule has 0 bridgehead atoms. The number of hydrogen-bond donors (Lipinski definition) is 1.